The van der Waals surface area contributed by atoms with E-state index in [0.717, 1.165) is 11.5 Å². The Balaban J connectivity index is 0.000000779. The zero-order chi connectivity index (χ0) is 23.8. The third-order valence-electron chi connectivity index (χ3n) is 7.28. The Hall–Kier alpha value is -0.571. The SMILES string of the molecule is C1CCCC1.COc1ccccc1P(c1ccccc1OC)C1CCC([C@@H](C)N(C)C)C1Br.[CH3-].[Fe]. The summed E-state index contributed by atoms with van der Waals surface area (Å²) in [6.45, 7) is 2.34. The fourth-order valence-electron chi connectivity index (χ4n) is 5.16. The Morgan fingerprint density at radius 2 is 1.26 bits per heavy atom. The van der Waals surface area contributed by atoms with Gasteiger partial charge in [0.25, 0.3) is 0 Å². The largest absolute Gasteiger partial charge is 0.496 e. The van der Waals surface area contributed by atoms with E-state index in [2.05, 4.69) is 90.4 Å². The molecule has 2 aliphatic rings. The van der Waals surface area contributed by atoms with Crippen LogP contribution in [0.4, 0.5) is 0 Å². The molecule has 4 rings (SSSR count). The number of nitrogens with zero attached hydrogens (tertiary/aromatic N) is 1. The number of hydrogen-bond acceptors (Lipinski definition) is 3. The van der Waals surface area contributed by atoms with Crippen LogP contribution in [-0.4, -0.2) is 49.7 Å². The fourth-order valence-corrected chi connectivity index (χ4v) is 10.0. The summed E-state index contributed by atoms with van der Waals surface area (Å²) in [4.78, 5) is 2.81. The number of halogens is 1. The van der Waals surface area contributed by atoms with Crippen LogP contribution >= 0.6 is 23.9 Å². The van der Waals surface area contributed by atoms with Crippen molar-refractivity contribution in [3.05, 3.63) is 56.0 Å². The van der Waals surface area contributed by atoms with Crippen LogP contribution in [0.15, 0.2) is 48.5 Å². The van der Waals surface area contributed by atoms with Crippen LogP contribution in [0.3, 0.4) is 0 Å². The summed E-state index contributed by atoms with van der Waals surface area (Å²) in [5.74, 6) is 2.58. The Morgan fingerprint density at radius 3 is 1.66 bits per heavy atom. The summed E-state index contributed by atoms with van der Waals surface area (Å²) in [6.07, 6.45) is 9.95. The summed E-state index contributed by atoms with van der Waals surface area (Å²) in [7, 11) is 7.27. The second kappa shape index (κ2) is 16.3. The zero-order valence-electron chi connectivity index (χ0n) is 22.3. The normalized spacial score (nSPS) is 22.0. The molecule has 0 spiro atoms. The molecule has 0 aromatic heterocycles. The third kappa shape index (κ3) is 8.21. The van der Waals surface area contributed by atoms with E-state index >= 15 is 0 Å². The molecule has 0 saturated heterocycles. The Labute approximate surface area is 235 Å². The van der Waals surface area contributed by atoms with Gasteiger partial charge in [0.05, 0.1) is 14.2 Å². The van der Waals surface area contributed by atoms with Crippen molar-refractivity contribution in [2.75, 3.05) is 28.3 Å². The number of alkyl halides is 1. The number of benzene rings is 2. The van der Waals surface area contributed by atoms with Crippen LogP contribution in [0.2, 0.25) is 0 Å². The average Bonchev–Trinajstić information content (AvgIpc) is 3.54. The van der Waals surface area contributed by atoms with Crippen LogP contribution in [0.1, 0.15) is 51.9 Å². The molecule has 4 atom stereocenters. The van der Waals surface area contributed by atoms with Gasteiger partial charge in [0.1, 0.15) is 11.5 Å². The first kappa shape index (κ1) is 32.5. The molecule has 35 heavy (non-hydrogen) atoms. The van der Waals surface area contributed by atoms with Gasteiger partial charge in [0, 0.05) is 44.2 Å². The molecule has 3 unspecified atom stereocenters. The molecular weight excluding hydrogens is 561 g/mol. The topological polar surface area (TPSA) is 21.7 Å². The second-order valence-corrected chi connectivity index (χ2v) is 12.9. The van der Waals surface area contributed by atoms with Crippen LogP contribution in [0.25, 0.3) is 0 Å². The van der Waals surface area contributed by atoms with E-state index in [1.165, 1.54) is 55.6 Å². The van der Waals surface area contributed by atoms with Gasteiger partial charge < -0.3 is 21.8 Å². The molecule has 2 aliphatic carbocycles. The van der Waals surface area contributed by atoms with Gasteiger partial charge in [-0.15, -0.1) is 0 Å². The Morgan fingerprint density at radius 1 is 0.829 bits per heavy atom. The summed E-state index contributed by atoms with van der Waals surface area (Å²) in [5, 5.41) is 2.61. The molecule has 3 nitrogen and oxygen atoms in total. The third-order valence-corrected chi connectivity index (χ3v) is 12.0. The minimum Gasteiger partial charge on any atom is -0.496 e. The minimum absolute atomic E-state index is 0. The zero-order valence-corrected chi connectivity index (χ0v) is 25.9. The molecule has 2 aromatic rings. The van der Waals surface area contributed by atoms with Gasteiger partial charge in [-0.1, -0.05) is 84.4 Å². The molecule has 2 fully saturated rings. The molecule has 0 heterocycles. The predicted octanol–water partition coefficient (Wildman–Crippen LogP) is 7.03. The maximum Gasteiger partial charge on any atom is 0.126 e. The Bertz CT molecular complexity index is 809. The number of ether oxygens (including phenoxy) is 2. The number of para-hydroxylation sites is 2. The number of hydrogen-bond donors (Lipinski definition) is 0. The molecule has 2 saturated carbocycles. The minimum atomic E-state index is -0.631. The van der Waals surface area contributed by atoms with Crippen molar-refractivity contribution < 1.29 is 26.5 Å². The van der Waals surface area contributed by atoms with Crippen LogP contribution < -0.4 is 20.1 Å². The van der Waals surface area contributed by atoms with Gasteiger partial charge in [0.2, 0.25) is 0 Å². The average molecular weight is 605 g/mol. The van der Waals surface area contributed by atoms with E-state index in [0.29, 0.717) is 22.4 Å². The predicted molar refractivity (Wildman–Crippen MR) is 154 cm³/mol. The van der Waals surface area contributed by atoms with Crippen molar-refractivity contribution >= 4 is 34.5 Å². The fraction of sp³-hybridized carbons (Fsp3) is 0.552. The molecule has 0 amide bonds. The number of rotatable bonds is 7. The van der Waals surface area contributed by atoms with Crippen molar-refractivity contribution in [1.29, 1.82) is 0 Å². The molecule has 198 valence electrons. The van der Waals surface area contributed by atoms with E-state index in [9.17, 15) is 0 Å². The first-order valence-electron chi connectivity index (χ1n) is 12.3. The van der Waals surface area contributed by atoms with Crippen molar-refractivity contribution in [3.8, 4) is 11.5 Å². The van der Waals surface area contributed by atoms with E-state index < -0.39 is 7.92 Å². The first-order valence-corrected chi connectivity index (χ1v) is 14.7. The van der Waals surface area contributed by atoms with Crippen LogP contribution in [-0.2, 0) is 17.1 Å². The molecule has 0 radical (unpaired) electrons. The number of methoxy groups -OCH3 is 2. The molecule has 2 aromatic carbocycles. The van der Waals surface area contributed by atoms with Crippen LogP contribution in [0, 0.1) is 13.3 Å². The molecule has 0 aliphatic heterocycles. The van der Waals surface area contributed by atoms with Gasteiger partial charge >= 0.3 is 0 Å². The smallest absolute Gasteiger partial charge is 0.126 e. The van der Waals surface area contributed by atoms with Gasteiger partial charge in [-0.3, -0.25) is 0 Å². The molecule has 6 heteroatoms. The van der Waals surface area contributed by atoms with Crippen molar-refractivity contribution in [2.24, 2.45) is 5.92 Å². The summed E-state index contributed by atoms with van der Waals surface area (Å²) < 4.78 is 11.6. The van der Waals surface area contributed by atoms with Crippen molar-refractivity contribution in [1.82, 2.24) is 4.90 Å². The van der Waals surface area contributed by atoms with E-state index in [4.69, 9.17) is 9.47 Å². The monoisotopic (exact) mass is 604 g/mol. The summed E-state index contributed by atoms with van der Waals surface area (Å²) >= 11 is 4.14. The maximum atomic E-state index is 5.78. The van der Waals surface area contributed by atoms with Gasteiger partial charge in [-0.2, -0.15) is 0 Å². The summed E-state index contributed by atoms with van der Waals surface area (Å²) in [6, 6.07) is 17.5. The van der Waals surface area contributed by atoms with Gasteiger partial charge in [-0.05, 0) is 59.8 Å². The molecule has 0 bridgehead atoms. The van der Waals surface area contributed by atoms with Crippen LogP contribution in [0.5, 0.6) is 11.5 Å². The Kier molecular flexibility index (Phi) is 15.1. The quantitative estimate of drug-likeness (QED) is 0.147. The van der Waals surface area contributed by atoms with Crippen molar-refractivity contribution in [3.63, 3.8) is 0 Å². The molecule has 0 N–H and O–H groups in total. The standard InChI is InChI=1S/C23H31BrNO2P.C5H10.CH3.Fe/c1-16(25(2)3)17-14-15-22(23(17)24)28(20-12-8-6-10-18(20)26-4)21-13-9-7-11-19(21)27-5;1-2-4-5-3-1;;/h6-13,16-17,22-23H,14-15H2,1-5H3;1-5H2;1H3;/q;;-1;/t16-,17?,22?,23?;;;/m1.../s1. The van der Waals surface area contributed by atoms with Crippen molar-refractivity contribution in [2.45, 2.75) is 68.4 Å². The van der Waals surface area contributed by atoms with Gasteiger partial charge in [0.15, 0.2) is 0 Å². The second-order valence-electron chi connectivity index (χ2n) is 9.44. The van der Waals surface area contributed by atoms with E-state index in [1.54, 1.807) is 14.2 Å². The molecular formula is C29H44BrFeNO2P-. The first-order chi connectivity index (χ1) is 16.0. The van der Waals surface area contributed by atoms with E-state index in [-0.39, 0.29) is 24.5 Å². The maximum absolute atomic E-state index is 5.78. The van der Waals surface area contributed by atoms with Gasteiger partial charge in [-0.25, -0.2) is 0 Å². The summed E-state index contributed by atoms with van der Waals surface area (Å²) in [5.41, 5.74) is 0.537. The van der Waals surface area contributed by atoms with E-state index in [1.807, 2.05) is 0 Å².